The van der Waals surface area contributed by atoms with E-state index >= 15 is 0 Å². The lowest BCUT2D eigenvalue weighted by molar-refractivity contribution is 0.0527. The van der Waals surface area contributed by atoms with Gasteiger partial charge in [0, 0.05) is 5.39 Å². The number of fused-ring (bicyclic) bond motifs is 1. The van der Waals surface area contributed by atoms with Crippen LogP contribution < -0.4 is 5.32 Å². The fourth-order valence-electron chi connectivity index (χ4n) is 3.54. The summed E-state index contributed by atoms with van der Waals surface area (Å²) in [6.45, 7) is 5.66. The predicted octanol–water partition coefficient (Wildman–Crippen LogP) is 5.26. The number of hydrogen-bond donors (Lipinski definition) is 1. The van der Waals surface area contributed by atoms with Crippen molar-refractivity contribution >= 4 is 40.2 Å². The summed E-state index contributed by atoms with van der Waals surface area (Å²) < 4.78 is 20.8. The van der Waals surface area contributed by atoms with E-state index in [1.54, 1.807) is 13.0 Å². The van der Waals surface area contributed by atoms with E-state index < -0.39 is 17.7 Å². The first kappa shape index (κ1) is 22.4. The highest BCUT2D eigenvalue weighted by molar-refractivity contribution is 6.34. The number of nitrogens with one attached hydrogen (secondary N) is 1. The number of benzene rings is 2. The van der Waals surface area contributed by atoms with Gasteiger partial charge in [0.2, 0.25) is 0 Å². The fraction of sp³-hybridized carbons (Fsp3) is 0.167. The maximum Gasteiger partial charge on any atom is 0.343 e. The molecule has 2 heterocycles. The zero-order chi connectivity index (χ0) is 23.7. The van der Waals surface area contributed by atoms with Gasteiger partial charge in [0.25, 0.3) is 5.91 Å². The summed E-state index contributed by atoms with van der Waals surface area (Å²) in [5.41, 5.74) is 2.30. The molecule has 1 amide bonds. The SMILES string of the molecule is CCOC(=O)c1cnn(-c2cc(C)c3cccc(C)c3n2)c1NC(=O)c1c(F)cccc1Cl. The molecule has 4 aromatic rings. The van der Waals surface area contributed by atoms with Crippen LogP contribution >= 0.6 is 11.6 Å². The second-order valence-electron chi connectivity index (χ2n) is 7.36. The summed E-state index contributed by atoms with van der Waals surface area (Å²) in [6, 6.07) is 11.6. The minimum atomic E-state index is -0.834. The Morgan fingerprint density at radius 3 is 2.64 bits per heavy atom. The number of aryl methyl sites for hydroxylation is 2. The van der Waals surface area contributed by atoms with Crippen molar-refractivity contribution in [3.63, 3.8) is 0 Å². The molecule has 0 saturated carbocycles. The molecule has 1 N–H and O–H groups in total. The molecule has 9 heteroatoms. The maximum absolute atomic E-state index is 14.3. The van der Waals surface area contributed by atoms with Crippen LogP contribution in [0.5, 0.6) is 0 Å². The molecule has 2 aromatic carbocycles. The van der Waals surface area contributed by atoms with Gasteiger partial charge in [-0.1, -0.05) is 35.9 Å². The van der Waals surface area contributed by atoms with Gasteiger partial charge in [-0.05, 0) is 50.1 Å². The van der Waals surface area contributed by atoms with Crippen LogP contribution in [0, 0.1) is 19.7 Å². The summed E-state index contributed by atoms with van der Waals surface area (Å²) in [6.07, 6.45) is 1.27. The summed E-state index contributed by atoms with van der Waals surface area (Å²) in [4.78, 5) is 30.2. The normalized spacial score (nSPS) is 10.9. The molecule has 0 aliphatic rings. The minimum absolute atomic E-state index is 0.00185. The molecule has 0 atom stereocenters. The number of amides is 1. The average Bonchev–Trinajstić information content (AvgIpc) is 3.18. The Balaban J connectivity index is 1.87. The van der Waals surface area contributed by atoms with Crippen molar-refractivity contribution in [2.45, 2.75) is 20.8 Å². The van der Waals surface area contributed by atoms with Crippen LogP contribution in [0.1, 0.15) is 38.8 Å². The topological polar surface area (TPSA) is 86.1 Å². The van der Waals surface area contributed by atoms with E-state index in [9.17, 15) is 14.0 Å². The summed E-state index contributed by atoms with van der Waals surface area (Å²) in [5, 5.41) is 7.75. The van der Waals surface area contributed by atoms with E-state index in [0.29, 0.717) is 5.82 Å². The number of hydrogen-bond acceptors (Lipinski definition) is 5. The monoisotopic (exact) mass is 466 g/mol. The number of esters is 1. The lowest BCUT2D eigenvalue weighted by Gasteiger charge is -2.13. The van der Waals surface area contributed by atoms with Crippen molar-refractivity contribution in [3.05, 3.63) is 81.8 Å². The van der Waals surface area contributed by atoms with Gasteiger partial charge < -0.3 is 10.1 Å². The van der Waals surface area contributed by atoms with Crippen LogP contribution in [0.2, 0.25) is 5.02 Å². The Morgan fingerprint density at radius 1 is 1.15 bits per heavy atom. The van der Waals surface area contributed by atoms with Gasteiger partial charge in [0.15, 0.2) is 11.6 Å². The van der Waals surface area contributed by atoms with Crippen LogP contribution in [0.25, 0.3) is 16.7 Å². The molecule has 0 unspecified atom stereocenters. The zero-order valence-corrected chi connectivity index (χ0v) is 18.9. The maximum atomic E-state index is 14.3. The number of pyridine rings is 1. The molecule has 7 nitrogen and oxygen atoms in total. The average molecular weight is 467 g/mol. The smallest absolute Gasteiger partial charge is 0.343 e. The number of carbonyl (C=O) groups excluding carboxylic acids is 2. The minimum Gasteiger partial charge on any atom is -0.462 e. The molecule has 168 valence electrons. The number of para-hydroxylation sites is 1. The van der Waals surface area contributed by atoms with Gasteiger partial charge in [0.1, 0.15) is 11.4 Å². The van der Waals surface area contributed by atoms with Crippen molar-refractivity contribution in [2.24, 2.45) is 0 Å². The Hall–Kier alpha value is -3.78. The highest BCUT2D eigenvalue weighted by Crippen LogP contribution is 2.27. The third-order valence-corrected chi connectivity index (χ3v) is 5.45. The Bertz CT molecular complexity index is 1380. The van der Waals surface area contributed by atoms with E-state index in [1.165, 1.54) is 23.0 Å². The predicted molar refractivity (Wildman–Crippen MR) is 124 cm³/mol. The number of aromatic nitrogens is 3. The van der Waals surface area contributed by atoms with Gasteiger partial charge in [-0.2, -0.15) is 9.78 Å². The number of halogens is 2. The lowest BCUT2D eigenvalue weighted by atomic mass is 10.1. The van der Waals surface area contributed by atoms with Gasteiger partial charge in [-0.25, -0.2) is 14.2 Å². The molecular formula is C24H20ClFN4O3. The quantitative estimate of drug-likeness (QED) is 0.405. The second kappa shape index (κ2) is 8.99. The van der Waals surface area contributed by atoms with Crippen molar-refractivity contribution in [1.29, 1.82) is 0 Å². The van der Waals surface area contributed by atoms with Crippen molar-refractivity contribution in [2.75, 3.05) is 11.9 Å². The molecule has 4 rings (SSSR count). The molecule has 0 radical (unpaired) electrons. The largest absolute Gasteiger partial charge is 0.462 e. The number of nitrogens with zero attached hydrogens (tertiary/aromatic N) is 3. The van der Waals surface area contributed by atoms with Gasteiger partial charge >= 0.3 is 5.97 Å². The third-order valence-electron chi connectivity index (χ3n) is 5.14. The van der Waals surface area contributed by atoms with Crippen LogP contribution in [0.4, 0.5) is 10.2 Å². The zero-order valence-electron chi connectivity index (χ0n) is 18.1. The Labute approximate surface area is 194 Å². The highest BCUT2D eigenvalue weighted by Gasteiger charge is 2.25. The number of ether oxygens (including phenoxy) is 1. The van der Waals surface area contributed by atoms with Crippen LogP contribution in [-0.4, -0.2) is 33.2 Å². The first-order valence-electron chi connectivity index (χ1n) is 10.2. The first-order chi connectivity index (χ1) is 15.8. The molecule has 0 spiro atoms. The van der Waals surface area contributed by atoms with E-state index in [-0.39, 0.29) is 28.6 Å². The summed E-state index contributed by atoms with van der Waals surface area (Å²) >= 11 is 6.05. The Kier molecular flexibility index (Phi) is 6.11. The molecule has 0 fully saturated rings. The molecular weight excluding hydrogens is 447 g/mol. The molecule has 33 heavy (non-hydrogen) atoms. The van der Waals surface area contributed by atoms with Gasteiger partial charge in [-0.15, -0.1) is 0 Å². The molecule has 0 aliphatic carbocycles. The number of carbonyl (C=O) groups is 2. The summed E-state index contributed by atoms with van der Waals surface area (Å²) in [5.74, 6) is -1.94. The van der Waals surface area contributed by atoms with Gasteiger partial charge in [0.05, 0.1) is 28.9 Å². The molecule has 0 bridgehead atoms. The van der Waals surface area contributed by atoms with Crippen molar-refractivity contribution in [3.8, 4) is 5.82 Å². The van der Waals surface area contributed by atoms with E-state index in [0.717, 1.165) is 28.1 Å². The van der Waals surface area contributed by atoms with Gasteiger partial charge in [-0.3, -0.25) is 4.79 Å². The van der Waals surface area contributed by atoms with Crippen LogP contribution in [-0.2, 0) is 4.74 Å². The number of anilines is 1. The van der Waals surface area contributed by atoms with E-state index in [2.05, 4.69) is 10.4 Å². The van der Waals surface area contributed by atoms with Crippen molar-refractivity contribution < 1.29 is 18.7 Å². The molecule has 0 aliphatic heterocycles. The Morgan fingerprint density at radius 2 is 1.91 bits per heavy atom. The fourth-order valence-corrected chi connectivity index (χ4v) is 3.79. The van der Waals surface area contributed by atoms with E-state index in [1.807, 2.05) is 32.0 Å². The first-order valence-corrected chi connectivity index (χ1v) is 10.6. The highest BCUT2D eigenvalue weighted by atomic mass is 35.5. The second-order valence-corrected chi connectivity index (χ2v) is 7.77. The standard InChI is InChI=1S/C24H20ClFN4O3/c1-4-33-24(32)16-12-27-30(19-11-14(3)15-8-5-7-13(2)21(15)28-19)22(16)29-23(31)20-17(25)9-6-10-18(20)26/h5-12H,4H2,1-3H3,(H,29,31). The van der Waals surface area contributed by atoms with Crippen molar-refractivity contribution in [1.82, 2.24) is 14.8 Å². The summed E-state index contributed by atoms with van der Waals surface area (Å²) in [7, 11) is 0. The molecule has 2 aromatic heterocycles. The lowest BCUT2D eigenvalue weighted by Crippen LogP contribution is -2.20. The molecule has 0 saturated heterocycles. The van der Waals surface area contributed by atoms with Crippen LogP contribution in [0.15, 0.2) is 48.7 Å². The van der Waals surface area contributed by atoms with Crippen LogP contribution in [0.3, 0.4) is 0 Å². The third kappa shape index (κ3) is 4.17. The number of rotatable bonds is 5. The van der Waals surface area contributed by atoms with E-state index in [4.69, 9.17) is 21.3 Å².